The van der Waals surface area contributed by atoms with Gasteiger partial charge >= 0.3 is 0 Å². The summed E-state index contributed by atoms with van der Waals surface area (Å²) in [6, 6.07) is 42.9. The van der Waals surface area contributed by atoms with E-state index in [2.05, 4.69) is 85.7 Å². The Balaban J connectivity index is 1.16. The average molecular weight is 640 g/mol. The topological polar surface area (TPSA) is 77.2 Å². The summed E-state index contributed by atoms with van der Waals surface area (Å²) in [4.78, 5) is 8.28. The second-order valence-electron chi connectivity index (χ2n) is 12.6. The summed E-state index contributed by atoms with van der Waals surface area (Å²) in [6.45, 7) is 7.59. The van der Waals surface area contributed by atoms with Crippen LogP contribution in [0.5, 0.6) is 0 Å². The van der Waals surface area contributed by atoms with Gasteiger partial charge in [0.1, 0.15) is 22.3 Å². The number of aromatic nitrogens is 3. The average Bonchev–Trinajstić information content (AvgIpc) is 3.91. The van der Waals surface area contributed by atoms with Crippen molar-refractivity contribution < 1.29 is 8.83 Å². The van der Waals surface area contributed by atoms with E-state index in [1.165, 1.54) is 0 Å². The van der Waals surface area contributed by atoms with Crippen molar-refractivity contribution in [3.8, 4) is 17.4 Å². The largest absolute Gasteiger partial charge is 0.456 e. The van der Waals surface area contributed by atoms with Crippen molar-refractivity contribution in [2.24, 2.45) is 0 Å². The van der Waals surface area contributed by atoms with Gasteiger partial charge < -0.3 is 18.0 Å². The van der Waals surface area contributed by atoms with Crippen molar-refractivity contribution in [3.63, 3.8) is 0 Å². The number of nitriles is 1. The number of hydrogen-bond donors (Lipinski definition) is 0. The highest BCUT2D eigenvalue weighted by Crippen LogP contribution is 2.42. The highest BCUT2D eigenvalue weighted by Gasteiger charge is 2.20. The summed E-state index contributed by atoms with van der Waals surface area (Å²) in [6.07, 6.45) is 1.80. The molecule has 5 heterocycles. The lowest BCUT2D eigenvalue weighted by molar-refractivity contribution is 0.668. The van der Waals surface area contributed by atoms with Crippen LogP contribution in [0.3, 0.4) is 0 Å². The smallest absolute Gasteiger partial charge is 0.188 e. The van der Waals surface area contributed by atoms with Gasteiger partial charge in [0, 0.05) is 44.5 Å². The molecule has 0 radical (unpaired) electrons. The molecular formula is C43H21N5O2. The van der Waals surface area contributed by atoms with Crippen LogP contribution in [0.25, 0.3) is 104 Å². The molecule has 50 heavy (non-hydrogen) atoms. The monoisotopic (exact) mass is 639 g/mol. The zero-order valence-electron chi connectivity index (χ0n) is 26.2. The number of pyridine rings is 1. The fourth-order valence-electron chi connectivity index (χ4n) is 7.84. The number of fused-ring (bicyclic) bond motifs is 13. The van der Waals surface area contributed by atoms with Crippen LogP contribution in [0, 0.1) is 17.9 Å². The van der Waals surface area contributed by atoms with E-state index in [9.17, 15) is 5.26 Å². The Morgan fingerprint density at radius 3 is 2.06 bits per heavy atom. The first-order valence-corrected chi connectivity index (χ1v) is 16.2. The third-order valence-corrected chi connectivity index (χ3v) is 9.99. The number of nitrogens with zero attached hydrogens (tertiary/aromatic N) is 5. The summed E-state index contributed by atoms with van der Waals surface area (Å²) in [5.74, 6) is 0. The third-order valence-electron chi connectivity index (χ3n) is 9.99. The lowest BCUT2D eigenvalue weighted by Crippen LogP contribution is -1.94. The van der Waals surface area contributed by atoms with Crippen molar-refractivity contribution in [1.29, 1.82) is 5.26 Å². The van der Waals surface area contributed by atoms with Gasteiger partial charge in [0.15, 0.2) is 11.3 Å². The van der Waals surface area contributed by atoms with Gasteiger partial charge in [-0.25, -0.2) is 4.85 Å². The van der Waals surface area contributed by atoms with E-state index >= 15 is 0 Å². The summed E-state index contributed by atoms with van der Waals surface area (Å²) < 4.78 is 17.3. The summed E-state index contributed by atoms with van der Waals surface area (Å²) in [5.41, 5.74) is 11.2. The highest BCUT2D eigenvalue weighted by molar-refractivity contribution is 6.23. The molecule has 0 atom stereocenters. The molecule has 0 aliphatic carbocycles. The predicted molar refractivity (Wildman–Crippen MR) is 198 cm³/mol. The van der Waals surface area contributed by atoms with Crippen molar-refractivity contribution in [3.05, 3.63) is 145 Å². The first-order valence-electron chi connectivity index (χ1n) is 16.2. The molecule has 0 aliphatic rings. The lowest BCUT2D eigenvalue weighted by atomic mass is 10.1. The quantitative estimate of drug-likeness (QED) is 0.176. The van der Waals surface area contributed by atoms with E-state index in [0.717, 1.165) is 99.0 Å². The first-order chi connectivity index (χ1) is 24.7. The van der Waals surface area contributed by atoms with E-state index < -0.39 is 0 Å². The predicted octanol–water partition coefficient (Wildman–Crippen LogP) is 11.5. The molecule has 7 heteroatoms. The van der Waals surface area contributed by atoms with Crippen molar-refractivity contribution >= 4 is 93.3 Å². The summed E-state index contributed by atoms with van der Waals surface area (Å²) in [5, 5.41) is 16.7. The first kappa shape index (κ1) is 26.7. The maximum absolute atomic E-state index is 9.65. The number of furan rings is 2. The molecule has 230 valence electrons. The molecule has 0 fully saturated rings. The van der Waals surface area contributed by atoms with Gasteiger partial charge in [0.2, 0.25) is 0 Å². The third kappa shape index (κ3) is 3.47. The molecule has 0 saturated heterocycles. The van der Waals surface area contributed by atoms with Crippen LogP contribution in [0.2, 0.25) is 0 Å². The number of para-hydroxylation sites is 1. The molecule has 0 N–H and O–H groups in total. The van der Waals surface area contributed by atoms with Crippen LogP contribution >= 0.6 is 0 Å². The van der Waals surface area contributed by atoms with Crippen molar-refractivity contribution in [1.82, 2.24) is 14.1 Å². The van der Waals surface area contributed by atoms with Crippen LogP contribution in [0.4, 0.5) is 5.69 Å². The van der Waals surface area contributed by atoms with Gasteiger partial charge in [-0.05, 0) is 102 Å². The standard InChI is InChI=1S/C43H21N5O2/c1-45-25-9-14-36-31(20-25)30-19-24(23-44)8-13-35(30)47(36)26-10-16-38-32(21-26)33-22-27(11-17-39(33)49-38)48-34-6-3-2-5-28(34)41-37(48)15-12-29-42-40(50-43(29)41)7-4-18-46-42/h2-22H. The number of benzene rings is 6. The van der Waals surface area contributed by atoms with Crippen LogP contribution in [-0.2, 0) is 0 Å². The van der Waals surface area contributed by atoms with Gasteiger partial charge in [-0.1, -0.05) is 24.3 Å². The Labute approximate surface area is 282 Å². The molecule has 0 amide bonds. The molecule has 7 nitrogen and oxygen atoms in total. The van der Waals surface area contributed by atoms with Crippen LogP contribution in [-0.4, -0.2) is 14.1 Å². The van der Waals surface area contributed by atoms with Crippen molar-refractivity contribution in [2.75, 3.05) is 0 Å². The van der Waals surface area contributed by atoms with Crippen molar-refractivity contribution in [2.45, 2.75) is 0 Å². The van der Waals surface area contributed by atoms with Gasteiger partial charge in [0.25, 0.3) is 0 Å². The molecule has 0 saturated carbocycles. The Bertz CT molecular complexity index is 3290. The second-order valence-corrected chi connectivity index (χ2v) is 12.6. The van der Waals surface area contributed by atoms with E-state index in [1.807, 2.05) is 60.7 Å². The van der Waals surface area contributed by atoms with E-state index in [0.29, 0.717) is 11.3 Å². The fourth-order valence-corrected chi connectivity index (χ4v) is 7.84. The molecular weight excluding hydrogens is 619 g/mol. The molecule has 6 aromatic carbocycles. The lowest BCUT2D eigenvalue weighted by Gasteiger charge is -2.09. The minimum Gasteiger partial charge on any atom is -0.456 e. The zero-order valence-corrected chi connectivity index (χ0v) is 26.2. The van der Waals surface area contributed by atoms with Gasteiger partial charge in [-0.3, -0.25) is 4.98 Å². The molecule has 0 unspecified atom stereocenters. The normalized spacial score (nSPS) is 12.0. The maximum atomic E-state index is 9.65. The van der Waals surface area contributed by atoms with Gasteiger partial charge in [-0.2, -0.15) is 5.26 Å². The maximum Gasteiger partial charge on any atom is 0.188 e. The van der Waals surface area contributed by atoms with Crippen LogP contribution in [0.15, 0.2) is 136 Å². The minimum atomic E-state index is 0.561. The Kier molecular flexibility index (Phi) is 5.13. The molecule has 5 aromatic heterocycles. The van der Waals surface area contributed by atoms with Gasteiger partial charge in [0.05, 0.1) is 45.7 Å². The highest BCUT2D eigenvalue weighted by atomic mass is 16.3. The molecule has 0 spiro atoms. The molecule has 11 aromatic rings. The Morgan fingerprint density at radius 2 is 1.28 bits per heavy atom. The molecule has 0 aliphatic heterocycles. The fraction of sp³-hybridized carbons (Fsp3) is 0. The van der Waals surface area contributed by atoms with E-state index in [4.69, 9.17) is 15.4 Å². The number of rotatable bonds is 2. The zero-order chi connectivity index (χ0) is 33.1. The van der Waals surface area contributed by atoms with E-state index in [-0.39, 0.29) is 0 Å². The Hall–Kier alpha value is -7.35. The Morgan fingerprint density at radius 1 is 0.580 bits per heavy atom. The second kappa shape index (κ2) is 9.60. The SMILES string of the molecule is [C-]#[N+]c1ccc2c(c1)c1cc(C#N)ccc1n2-c1ccc2oc3ccc(-n4c5ccccc5c5c6oc7cccnc7c6ccc54)cc3c2c1. The minimum absolute atomic E-state index is 0.561. The molecule has 0 bridgehead atoms. The number of hydrogen-bond acceptors (Lipinski definition) is 4. The van der Waals surface area contributed by atoms with Crippen LogP contribution < -0.4 is 0 Å². The van der Waals surface area contributed by atoms with E-state index in [1.54, 1.807) is 6.20 Å². The summed E-state index contributed by atoms with van der Waals surface area (Å²) in [7, 11) is 0. The van der Waals surface area contributed by atoms with Crippen LogP contribution in [0.1, 0.15) is 5.56 Å². The van der Waals surface area contributed by atoms with Gasteiger partial charge in [-0.15, -0.1) is 0 Å². The summed E-state index contributed by atoms with van der Waals surface area (Å²) >= 11 is 0. The molecule has 11 rings (SSSR count).